The topological polar surface area (TPSA) is 84.3 Å². The molecule has 0 atom stereocenters. The van der Waals surface area contributed by atoms with E-state index in [1.165, 1.54) is 12.1 Å². The first-order chi connectivity index (χ1) is 9.48. The number of hydrogen-bond acceptors (Lipinski definition) is 4. The maximum atomic E-state index is 12.1. The molecular formula is C14H20ClN3O3. The number of nitrogens with one attached hydrogen (secondary N) is 2. The zero-order valence-corrected chi connectivity index (χ0v) is 12.7. The lowest BCUT2D eigenvalue weighted by Gasteiger charge is -2.35. The van der Waals surface area contributed by atoms with Crippen LogP contribution in [-0.4, -0.2) is 29.5 Å². The van der Waals surface area contributed by atoms with Crippen molar-refractivity contribution in [1.29, 1.82) is 0 Å². The molecule has 1 aliphatic heterocycles. The van der Waals surface area contributed by atoms with Gasteiger partial charge in [-0.15, -0.1) is 12.4 Å². The van der Waals surface area contributed by atoms with Gasteiger partial charge in [0.15, 0.2) is 0 Å². The van der Waals surface area contributed by atoms with Crippen LogP contribution in [0.2, 0.25) is 0 Å². The highest BCUT2D eigenvalue weighted by Crippen LogP contribution is 2.18. The van der Waals surface area contributed by atoms with Crippen molar-refractivity contribution in [2.45, 2.75) is 31.7 Å². The Kier molecular flexibility index (Phi) is 6.11. The number of rotatable bonds is 4. The normalized spacial score (nSPS) is 16.6. The van der Waals surface area contributed by atoms with Gasteiger partial charge in [0.25, 0.3) is 5.69 Å². The van der Waals surface area contributed by atoms with E-state index in [-0.39, 0.29) is 36.0 Å². The number of hydrogen-bond donors (Lipinski definition) is 2. The van der Waals surface area contributed by atoms with Gasteiger partial charge in [0.05, 0.1) is 11.3 Å². The second-order valence-corrected chi connectivity index (χ2v) is 5.46. The first-order valence-electron chi connectivity index (χ1n) is 6.74. The molecule has 0 spiro atoms. The Hall–Kier alpha value is -1.66. The van der Waals surface area contributed by atoms with Crippen molar-refractivity contribution >= 4 is 24.0 Å². The molecule has 0 unspecified atom stereocenters. The predicted molar refractivity (Wildman–Crippen MR) is 82.7 cm³/mol. The minimum atomic E-state index is -0.449. The second kappa shape index (κ2) is 7.38. The summed E-state index contributed by atoms with van der Waals surface area (Å²) < 4.78 is 0. The van der Waals surface area contributed by atoms with E-state index in [1.807, 2.05) is 6.92 Å². The highest BCUT2D eigenvalue weighted by molar-refractivity contribution is 5.85. The Morgan fingerprint density at radius 1 is 1.43 bits per heavy atom. The standard InChI is InChI=1S/C14H19N3O3.ClH/c1-14(5-7-15-8-6-14)16-13(18)10-11-3-2-4-12(9-11)17(19)20;/h2-4,9,15H,5-8,10H2,1H3,(H,16,18);1H. The molecule has 0 radical (unpaired) electrons. The van der Waals surface area contributed by atoms with Crippen molar-refractivity contribution < 1.29 is 9.72 Å². The van der Waals surface area contributed by atoms with Crippen LogP contribution in [0.3, 0.4) is 0 Å². The minimum Gasteiger partial charge on any atom is -0.351 e. The van der Waals surface area contributed by atoms with Crippen molar-refractivity contribution in [3.8, 4) is 0 Å². The van der Waals surface area contributed by atoms with Crippen LogP contribution in [-0.2, 0) is 11.2 Å². The molecule has 7 heteroatoms. The van der Waals surface area contributed by atoms with E-state index in [4.69, 9.17) is 0 Å². The average Bonchev–Trinajstić information content (AvgIpc) is 2.39. The Bertz CT molecular complexity index is 516. The molecule has 6 nitrogen and oxygen atoms in total. The number of nitro groups is 1. The number of carbonyl (C=O) groups is 1. The summed E-state index contributed by atoms with van der Waals surface area (Å²) >= 11 is 0. The van der Waals surface area contributed by atoms with Crippen LogP contribution in [0.5, 0.6) is 0 Å². The number of nitrogens with zero attached hydrogens (tertiary/aromatic N) is 1. The molecular weight excluding hydrogens is 294 g/mol. The van der Waals surface area contributed by atoms with E-state index in [2.05, 4.69) is 10.6 Å². The molecule has 0 saturated carbocycles. The van der Waals surface area contributed by atoms with E-state index < -0.39 is 4.92 Å². The predicted octanol–water partition coefficient (Wildman–Crippen LogP) is 1.82. The van der Waals surface area contributed by atoms with Crippen molar-refractivity contribution in [3.63, 3.8) is 0 Å². The van der Waals surface area contributed by atoms with Crippen molar-refractivity contribution in [2.24, 2.45) is 0 Å². The zero-order valence-electron chi connectivity index (χ0n) is 11.9. The second-order valence-electron chi connectivity index (χ2n) is 5.46. The third-order valence-corrected chi connectivity index (χ3v) is 3.63. The van der Waals surface area contributed by atoms with Gasteiger partial charge < -0.3 is 10.6 Å². The Morgan fingerprint density at radius 2 is 2.10 bits per heavy atom. The summed E-state index contributed by atoms with van der Waals surface area (Å²) in [5, 5.41) is 17.0. The maximum Gasteiger partial charge on any atom is 0.269 e. The van der Waals surface area contributed by atoms with Gasteiger partial charge in [0.2, 0.25) is 5.91 Å². The third kappa shape index (κ3) is 4.99. The number of halogens is 1. The number of non-ortho nitro benzene ring substituents is 1. The molecule has 0 aliphatic carbocycles. The largest absolute Gasteiger partial charge is 0.351 e. The minimum absolute atomic E-state index is 0. The monoisotopic (exact) mass is 313 g/mol. The van der Waals surface area contributed by atoms with Crippen LogP contribution < -0.4 is 10.6 Å². The van der Waals surface area contributed by atoms with Crippen LogP contribution in [0.1, 0.15) is 25.3 Å². The van der Waals surface area contributed by atoms with Crippen molar-refractivity contribution in [2.75, 3.05) is 13.1 Å². The summed E-state index contributed by atoms with van der Waals surface area (Å²) in [6.45, 7) is 3.83. The van der Waals surface area contributed by atoms with Crippen LogP contribution in [0.4, 0.5) is 5.69 Å². The van der Waals surface area contributed by atoms with Crippen LogP contribution in [0.25, 0.3) is 0 Å². The van der Waals surface area contributed by atoms with Gasteiger partial charge >= 0.3 is 0 Å². The molecule has 1 saturated heterocycles. The average molecular weight is 314 g/mol. The number of nitro benzene ring substituents is 1. The lowest BCUT2D eigenvalue weighted by Crippen LogP contribution is -2.52. The maximum absolute atomic E-state index is 12.1. The van der Waals surface area contributed by atoms with E-state index in [0.29, 0.717) is 5.56 Å². The summed E-state index contributed by atoms with van der Waals surface area (Å²) in [5.74, 6) is -0.0881. The van der Waals surface area contributed by atoms with E-state index in [0.717, 1.165) is 25.9 Å². The summed E-state index contributed by atoms with van der Waals surface area (Å²) in [5.41, 5.74) is 0.501. The van der Waals surface area contributed by atoms with Crippen molar-refractivity contribution in [3.05, 3.63) is 39.9 Å². The number of carbonyl (C=O) groups excluding carboxylic acids is 1. The van der Waals surface area contributed by atoms with Gasteiger partial charge in [0, 0.05) is 17.7 Å². The number of benzene rings is 1. The van der Waals surface area contributed by atoms with Gasteiger partial charge in [-0.3, -0.25) is 14.9 Å². The molecule has 2 N–H and O–H groups in total. The summed E-state index contributed by atoms with van der Waals surface area (Å²) in [6, 6.07) is 6.21. The number of amides is 1. The van der Waals surface area contributed by atoms with E-state index >= 15 is 0 Å². The fourth-order valence-electron chi connectivity index (χ4n) is 2.45. The highest BCUT2D eigenvalue weighted by Gasteiger charge is 2.28. The Morgan fingerprint density at radius 3 is 2.71 bits per heavy atom. The molecule has 1 aromatic rings. The third-order valence-electron chi connectivity index (χ3n) is 3.63. The van der Waals surface area contributed by atoms with Crippen molar-refractivity contribution in [1.82, 2.24) is 10.6 Å². The van der Waals surface area contributed by atoms with Crippen LogP contribution in [0.15, 0.2) is 24.3 Å². The van der Waals surface area contributed by atoms with E-state index in [9.17, 15) is 14.9 Å². The van der Waals surface area contributed by atoms with Gasteiger partial charge in [-0.2, -0.15) is 0 Å². The molecule has 1 amide bonds. The molecule has 2 rings (SSSR count). The molecule has 21 heavy (non-hydrogen) atoms. The zero-order chi connectivity index (χ0) is 14.6. The SMILES string of the molecule is CC1(NC(=O)Cc2cccc([N+](=O)[O-])c2)CCNCC1.Cl. The first kappa shape index (κ1) is 17.4. The van der Waals surface area contributed by atoms with E-state index in [1.54, 1.807) is 12.1 Å². The van der Waals surface area contributed by atoms with Crippen LogP contribution in [0, 0.1) is 10.1 Å². The first-order valence-corrected chi connectivity index (χ1v) is 6.74. The van der Waals surface area contributed by atoms with Gasteiger partial charge in [-0.25, -0.2) is 0 Å². The molecule has 116 valence electrons. The smallest absolute Gasteiger partial charge is 0.269 e. The summed E-state index contributed by atoms with van der Waals surface area (Å²) in [6.07, 6.45) is 1.96. The molecule has 1 fully saturated rings. The quantitative estimate of drug-likeness (QED) is 0.656. The lowest BCUT2D eigenvalue weighted by atomic mass is 9.90. The lowest BCUT2D eigenvalue weighted by molar-refractivity contribution is -0.384. The highest BCUT2D eigenvalue weighted by atomic mass is 35.5. The molecule has 1 aromatic carbocycles. The van der Waals surface area contributed by atoms with Gasteiger partial charge in [-0.05, 0) is 38.4 Å². The Labute approximate surface area is 129 Å². The van der Waals surface area contributed by atoms with Crippen LogP contribution >= 0.6 is 12.4 Å². The number of piperidine rings is 1. The Balaban J connectivity index is 0.00000220. The fraction of sp³-hybridized carbons (Fsp3) is 0.500. The molecule has 0 aromatic heterocycles. The van der Waals surface area contributed by atoms with Gasteiger partial charge in [-0.1, -0.05) is 12.1 Å². The summed E-state index contributed by atoms with van der Waals surface area (Å²) in [7, 11) is 0. The fourth-order valence-corrected chi connectivity index (χ4v) is 2.45. The molecule has 0 bridgehead atoms. The summed E-state index contributed by atoms with van der Waals surface area (Å²) in [4.78, 5) is 22.3. The molecule has 1 heterocycles. The molecule has 1 aliphatic rings. The van der Waals surface area contributed by atoms with Gasteiger partial charge in [0.1, 0.15) is 0 Å².